The second-order valence-electron chi connectivity index (χ2n) is 7.98. The van der Waals surface area contributed by atoms with Crippen LogP contribution in [-0.2, 0) is 11.3 Å². The van der Waals surface area contributed by atoms with E-state index in [1.807, 2.05) is 26.0 Å². The van der Waals surface area contributed by atoms with E-state index in [0.29, 0.717) is 22.8 Å². The number of amides is 1. The van der Waals surface area contributed by atoms with Gasteiger partial charge in [-0.25, -0.2) is 4.68 Å². The molecule has 9 heteroatoms. The molecule has 0 unspecified atom stereocenters. The van der Waals surface area contributed by atoms with Crippen molar-refractivity contribution in [1.29, 1.82) is 0 Å². The molecule has 0 atom stereocenters. The van der Waals surface area contributed by atoms with Crippen LogP contribution < -0.4 is 10.9 Å². The number of anilines is 1. The van der Waals surface area contributed by atoms with E-state index in [-0.39, 0.29) is 23.9 Å². The van der Waals surface area contributed by atoms with Crippen molar-refractivity contribution in [1.82, 2.24) is 29.6 Å². The Labute approximate surface area is 171 Å². The molecule has 0 spiro atoms. The Balaban J connectivity index is 1.47. The van der Waals surface area contributed by atoms with Gasteiger partial charge >= 0.3 is 0 Å². The molecule has 1 saturated carbocycles. The SMILES string of the molecule is CC(C)c1nn(CC(=O)Nc2ccc3nncn3n2)c(=O)c2ccc(C3CC3)cc12. The van der Waals surface area contributed by atoms with Gasteiger partial charge in [0.05, 0.1) is 11.1 Å². The van der Waals surface area contributed by atoms with Gasteiger partial charge in [0.2, 0.25) is 5.91 Å². The van der Waals surface area contributed by atoms with Gasteiger partial charge < -0.3 is 5.32 Å². The van der Waals surface area contributed by atoms with Crippen molar-refractivity contribution in [3.8, 4) is 0 Å². The van der Waals surface area contributed by atoms with E-state index < -0.39 is 0 Å². The molecule has 1 amide bonds. The molecular weight excluding hydrogens is 382 g/mol. The van der Waals surface area contributed by atoms with E-state index in [2.05, 4.69) is 31.8 Å². The summed E-state index contributed by atoms with van der Waals surface area (Å²) in [5, 5.41) is 20.6. The zero-order valence-corrected chi connectivity index (χ0v) is 16.7. The molecule has 1 aliphatic carbocycles. The number of hydrogen-bond donors (Lipinski definition) is 1. The van der Waals surface area contributed by atoms with Crippen molar-refractivity contribution < 1.29 is 4.79 Å². The highest BCUT2D eigenvalue weighted by molar-refractivity contribution is 5.90. The first-order valence-corrected chi connectivity index (χ1v) is 10.0. The van der Waals surface area contributed by atoms with Gasteiger partial charge in [-0.2, -0.15) is 9.61 Å². The van der Waals surface area contributed by atoms with Crippen LogP contribution in [-0.4, -0.2) is 35.5 Å². The van der Waals surface area contributed by atoms with Crippen LogP contribution >= 0.6 is 0 Å². The van der Waals surface area contributed by atoms with Gasteiger partial charge in [0, 0.05) is 5.39 Å². The van der Waals surface area contributed by atoms with Gasteiger partial charge in [0.25, 0.3) is 5.56 Å². The Morgan fingerprint density at radius 3 is 2.77 bits per heavy atom. The molecule has 0 aliphatic heterocycles. The van der Waals surface area contributed by atoms with Crippen molar-refractivity contribution in [3.63, 3.8) is 0 Å². The average molecular weight is 403 g/mol. The molecule has 0 saturated heterocycles. The molecule has 3 heterocycles. The summed E-state index contributed by atoms with van der Waals surface area (Å²) in [5.74, 6) is 0.681. The maximum atomic E-state index is 13.0. The molecule has 1 fully saturated rings. The van der Waals surface area contributed by atoms with Crippen LogP contribution in [0.5, 0.6) is 0 Å². The highest BCUT2D eigenvalue weighted by Crippen LogP contribution is 2.41. The highest BCUT2D eigenvalue weighted by atomic mass is 16.2. The number of carbonyl (C=O) groups excluding carboxylic acids is 1. The maximum absolute atomic E-state index is 13.0. The normalized spacial score (nSPS) is 14.0. The molecule has 152 valence electrons. The molecule has 9 nitrogen and oxygen atoms in total. The average Bonchev–Trinajstić information content (AvgIpc) is 3.47. The van der Waals surface area contributed by atoms with Gasteiger partial charge in [-0.3, -0.25) is 9.59 Å². The summed E-state index contributed by atoms with van der Waals surface area (Å²) in [6.45, 7) is 3.89. The third-order valence-electron chi connectivity index (χ3n) is 5.33. The summed E-state index contributed by atoms with van der Waals surface area (Å²) in [5.41, 5.74) is 2.39. The Hall–Kier alpha value is -3.62. The van der Waals surface area contributed by atoms with E-state index in [4.69, 9.17) is 0 Å². The van der Waals surface area contributed by atoms with E-state index in [1.165, 1.54) is 33.9 Å². The van der Waals surface area contributed by atoms with Crippen LogP contribution in [0.2, 0.25) is 0 Å². The molecular formula is C21H21N7O2. The number of nitrogens with zero attached hydrogens (tertiary/aromatic N) is 6. The topological polar surface area (TPSA) is 107 Å². The fourth-order valence-corrected chi connectivity index (χ4v) is 3.65. The highest BCUT2D eigenvalue weighted by Gasteiger charge is 2.25. The van der Waals surface area contributed by atoms with Crippen molar-refractivity contribution >= 4 is 28.1 Å². The molecule has 3 aromatic heterocycles. The lowest BCUT2D eigenvalue weighted by atomic mass is 9.99. The Kier molecular flexibility index (Phi) is 4.30. The third-order valence-corrected chi connectivity index (χ3v) is 5.33. The summed E-state index contributed by atoms with van der Waals surface area (Å²) in [6, 6.07) is 9.32. The van der Waals surface area contributed by atoms with Gasteiger partial charge in [-0.05, 0) is 54.5 Å². The van der Waals surface area contributed by atoms with Crippen LogP contribution in [0.25, 0.3) is 16.4 Å². The smallest absolute Gasteiger partial charge is 0.275 e. The molecule has 1 aromatic carbocycles. The second-order valence-corrected chi connectivity index (χ2v) is 7.98. The summed E-state index contributed by atoms with van der Waals surface area (Å²) in [6.07, 6.45) is 3.84. The molecule has 0 bridgehead atoms. The second kappa shape index (κ2) is 7.01. The Bertz CT molecular complexity index is 1330. The summed E-state index contributed by atoms with van der Waals surface area (Å²) in [7, 11) is 0. The van der Waals surface area contributed by atoms with Crippen molar-refractivity contribution in [2.45, 2.75) is 45.1 Å². The number of benzene rings is 1. The fraction of sp³-hybridized carbons (Fsp3) is 0.333. The lowest BCUT2D eigenvalue weighted by Gasteiger charge is -2.14. The van der Waals surface area contributed by atoms with Gasteiger partial charge in [0.15, 0.2) is 11.5 Å². The molecule has 5 rings (SSSR count). The first kappa shape index (κ1) is 18.4. The predicted octanol–water partition coefficient (Wildman–Crippen LogP) is 2.47. The minimum atomic E-state index is -0.381. The quantitative estimate of drug-likeness (QED) is 0.549. The van der Waals surface area contributed by atoms with Gasteiger partial charge in [-0.1, -0.05) is 19.9 Å². The number of hydrogen-bond acceptors (Lipinski definition) is 6. The predicted molar refractivity (Wildman–Crippen MR) is 111 cm³/mol. The number of rotatable bonds is 5. The largest absolute Gasteiger partial charge is 0.308 e. The van der Waals surface area contributed by atoms with Crippen LogP contribution in [0.3, 0.4) is 0 Å². The lowest BCUT2D eigenvalue weighted by molar-refractivity contribution is -0.117. The van der Waals surface area contributed by atoms with Crippen LogP contribution in [0.4, 0.5) is 5.82 Å². The molecule has 0 radical (unpaired) electrons. The van der Waals surface area contributed by atoms with E-state index in [0.717, 1.165) is 11.1 Å². The molecule has 4 aromatic rings. The number of nitrogens with one attached hydrogen (secondary N) is 1. The van der Waals surface area contributed by atoms with Crippen molar-refractivity contribution in [3.05, 3.63) is 58.3 Å². The summed E-state index contributed by atoms with van der Waals surface area (Å²) >= 11 is 0. The van der Waals surface area contributed by atoms with E-state index in [9.17, 15) is 9.59 Å². The molecule has 30 heavy (non-hydrogen) atoms. The minimum absolute atomic E-state index is 0.120. The fourth-order valence-electron chi connectivity index (χ4n) is 3.65. The number of carbonyl (C=O) groups is 1. The summed E-state index contributed by atoms with van der Waals surface area (Å²) < 4.78 is 2.70. The lowest BCUT2D eigenvalue weighted by Crippen LogP contribution is -2.31. The Morgan fingerprint density at radius 2 is 2.00 bits per heavy atom. The van der Waals surface area contributed by atoms with Crippen molar-refractivity contribution in [2.24, 2.45) is 0 Å². The van der Waals surface area contributed by atoms with Crippen LogP contribution in [0.1, 0.15) is 49.8 Å². The number of aromatic nitrogens is 6. The molecule has 1 aliphatic rings. The van der Waals surface area contributed by atoms with E-state index >= 15 is 0 Å². The zero-order valence-electron chi connectivity index (χ0n) is 16.7. The zero-order chi connectivity index (χ0) is 20.8. The van der Waals surface area contributed by atoms with Gasteiger partial charge in [0.1, 0.15) is 12.9 Å². The van der Waals surface area contributed by atoms with Crippen LogP contribution in [0.15, 0.2) is 41.5 Å². The van der Waals surface area contributed by atoms with E-state index in [1.54, 1.807) is 12.1 Å². The maximum Gasteiger partial charge on any atom is 0.275 e. The third kappa shape index (κ3) is 3.32. The first-order valence-electron chi connectivity index (χ1n) is 10.0. The van der Waals surface area contributed by atoms with Gasteiger partial charge in [-0.15, -0.1) is 15.3 Å². The summed E-state index contributed by atoms with van der Waals surface area (Å²) in [4.78, 5) is 25.6. The molecule has 1 N–H and O–H groups in total. The van der Waals surface area contributed by atoms with Crippen LogP contribution in [0, 0.1) is 0 Å². The Morgan fingerprint density at radius 1 is 1.17 bits per heavy atom. The number of fused-ring (bicyclic) bond motifs is 2. The monoisotopic (exact) mass is 403 g/mol. The first-order chi connectivity index (χ1) is 14.5. The van der Waals surface area contributed by atoms with Crippen molar-refractivity contribution in [2.75, 3.05) is 5.32 Å². The minimum Gasteiger partial charge on any atom is -0.308 e. The standard InChI is InChI=1S/C21H21N7O2/c1-12(2)20-16-9-14(13-3-4-13)5-6-15(16)21(30)27(26-20)10-19(29)23-17-7-8-18-24-22-11-28(18)25-17/h5-9,11-13H,3-4,10H2,1-2H3,(H,23,25,29).